The number of aromatic nitrogens is 2. The molecule has 1 aliphatic rings. The van der Waals surface area contributed by atoms with E-state index < -0.39 is 0 Å². The first-order valence-electron chi connectivity index (χ1n) is 8.00. The second-order valence-corrected chi connectivity index (χ2v) is 5.68. The Balaban J connectivity index is 1.70. The van der Waals surface area contributed by atoms with Gasteiger partial charge < -0.3 is 10.5 Å². The summed E-state index contributed by atoms with van der Waals surface area (Å²) in [5.41, 5.74) is 8.85. The number of imidazole rings is 1. The van der Waals surface area contributed by atoms with Crippen molar-refractivity contribution in [3.8, 4) is 18.1 Å². The van der Waals surface area contributed by atoms with Crippen molar-refractivity contribution < 1.29 is 4.74 Å². The lowest BCUT2D eigenvalue weighted by molar-refractivity contribution is 0.327. The predicted molar refractivity (Wildman–Crippen MR) is 98.5 cm³/mol. The Kier molecular flexibility index (Phi) is 3.75. The summed E-state index contributed by atoms with van der Waals surface area (Å²) in [4.78, 5) is 9.15. The summed E-state index contributed by atoms with van der Waals surface area (Å²) in [6.07, 6.45) is 5.55. The van der Waals surface area contributed by atoms with Gasteiger partial charge in [-0.3, -0.25) is 9.88 Å². The molecule has 0 bridgehead atoms. The van der Waals surface area contributed by atoms with E-state index in [2.05, 4.69) is 21.2 Å². The van der Waals surface area contributed by atoms with Gasteiger partial charge in [-0.2, -0.15) is 0 Å². The van der Waals surface area contributed by atoms with E-state index in [0.717, 1.165) is 22.3 Å². The highest BCUT2D eigenvalue weighted by Crippen LogP contribution is 2.32. The minimum Gasteiger partial charge on any atom is -0.493 e. The lowest BCUT2D eigenvalue weighted by atomic mass is 10.1. The summed E-state index contributed by atoms with van der Waals surface area (Å²) < 4.78 is 7.64. The Morgan fingerprint density at radius 3 is 2.80 bits per heavy atom. The molecule has 1 aliphatic heterocycles. The van der Waals surface area contributed by atoms with E-state index in [4.69, 9.17) is 16.9 Å². The Labute approximate surface area is 145 Å². The zero-order valence-electron chi connectivity index (χ0n) is 13.5. The zero-order valence-corrected chi connectivity index (χ0v) is 13.5. The van der Waals surface area contributed by atoms with Gasteiger partial charge in [0.2, 0.25) is 5.95 Å². The molecule has 6 heteroatoms. The molecule has 0 radical (unpaired) electrons. The number of hydrogen-bond donors (Lipinski definition) is 2. The van der Waals surface area contributed by atoms with Crippen molar-refractivity contribution in [3.63, 3.8) is 0 Å². The molecule has 0 fully saturated rings. The lowest BCUT2D eigenvalue weighted by Crippen LogP contribution is -2.31. The largest absolute Gasteiger partial charge is 0.493 e. The number of hydrogen-bond acceptors (Lipinski definition) is 5. The van der Waals surface area contributed by atoms with Crippen LogP contribution in [0.5, 0.6) is 5.75 Å². The van der Waals surface area contributed by atoms with Crippen LogP contribution >= 0.6 is 0 Å². The number of ether oxygens (including phenoxy) is 1. The van der Waals surface area contributed by atoms with E-state index in [1.165, 1.54) is 0 Å². The average molecular weight is 331 g/mol. The van der Waals surface area contributed by atoms with Crippen molar-refractivity contribution in [2.45, 2.75) is 12.6 Å². The van der Waals surface area contributed by atoms with Crippen LogP contribution in [-0.2, 0) is 0 Å². The monoisotopic (exact) mass is 331 g/mol. The highest BCUT2D eigenvalue weighted by atomic mass is 16.5. The summed E-state index contributed by atoms with van der Waals surface area (Å²) in [6.45, 7) is 0.505. The van der Waals surface area contributed by atoms with E-state index in [1.807, 2.05) is 53.1 Å². The van der Waals surface area contributed by atoms with Gasteiger partial charge in [0.05, 0.1) is 17.6 Å². The molecular formula is C19H17N5O. The van der Waals surface area contributed by atoms with Crippen LogP contribution < -0.4 is 15.8 Å². The number of nitrogens with one attached hydrogen (secondary N) is 1. The third-order valence-corrected chi connectivity index (χ3v) is 4.03. The van der Waals surface area contributed by atoms with E-state index in [9.17, 15) is 0 Å². The summed E-state index contributed by atoms with van der Waals surface area (Å²) in [7, 11) is 0. The molecule has 124 valence electrons. The van der Waals surface area contributed by atoms with Crippen LogP contribution in [0.25, 0.3) is 11.0 Å². The van der Waals surface area contributed by atoms with E-state index in [0.29, 0.717) is 24.9 Å². The number of aliphatic imine (C=N–C) groups is 1. The maximum Gasteiger partial charge on any atom is 0.212 e. The van der Waals surface area contributed by atoms with Crippen molar-refractivity contribution in [1.29, 1.82) is 0 Å². The first-order chi connectivity index (χ1) is 12.3. The molecule has 3 N–H and O–H groups in total. The van der Waals surface area contributed by atoms with Crippen molar-refractivity contribution >= 4 is 22.9 Å². The van der Waals surface area contributed by atoms with Crippen molar-refractivity contribution in [2.24, 2.45) is 10.7 Å². The van der Waals surface area contributed by atoms with Crippen LogP contribution in [0.15, 0.2) is 53.5 Å². The van der Waals surface area contributed by atoms with Gasteiger partial charge in [-0.05, 0) is 29.8 Å². The first kappa shape index (κ1) is 15.1. The average Bonchev–Trinajstić information content (AvgIpc) is 3.00. The molecule has 4 rings (SSSR count). The smallest absolute Gasteiger partial charge is 0.212 e. The molecule has 2 aromatic carbocycles. The molecule has 0 saturated carbocycles. The van der Waals surface area contributed by atoms with Crippen molar-refractivity contribution in [3.05, 3.63) is 54.1 Å². The third-order valence-electron chi connectivity index (χ3n) is 4.03. The molecule has 25 heavy (non-hydrogen) atoms. The Morgan fingerprint density at radius 2 is 2.00 bits per heavy atom. The normalized spacial score (nSPS) is 15.8. The zero-order chi connectivity index (χ0) is 17.2. The number of rotatable bonds is 4. The number of terminal acetylenes is 1. The lowest BCUT2D eigenvalue weighted by Gasteiger charge is -2.24. The molecule has 0 unspecified atom stereocenters. The predicted octanol–water partition coefficient (Wildman–Crippen LogP) is 2.73. The summed E-state index contributed by atoms with van der Waals surface area (Å²) in [5, 5.41) is 3.03. The van der Waals surface area contributed by atoms with E-state index in [-0.39, 0.29) is 6.17 Å². The molecule has 1 atom stereocenters. The Bertz CT molecular complexity index is 981. The van der Waals surface area contributed by atoms with Crippen LogP contribution in [0, 0.1) is 12.3 Å². The molecule has 2 heterocycles. The van der Waals surface area contributed by atoms with Crippen LogP contribution in [0.2, 0.25) is 0 Å². The second kappa shape index (κ2) is 6.21. The van der Waals surface area contributed by atoms with Crippen LogP contribution in [0.1, 0.15) is 18.2 Å². The second-order valence-electron chi connectivity index (χ2n) is 5.68. The van der Waals surface area contributed by atoms with Gasteiger partial charge in [-0.25, -0.2) is 9.98 Å². The minimum absolute atomic E-state index is 0.275. The molecule has 0 saturated heterocycles. The standard InChI is InChI=1S/C19H17N5O/c1-2-3-12-25-14-10-8-13(9-11-14)17-22-18(20)23-19-21-15-6-4-5-7-16(15)24(17)19/h1,4-11,17H,3,12H2,(H3,20,21,22,23)/t17-/m0/s1. The van der Waals surface area contributed by atoms with Crippen molar-refractivity contribution in [1.82, 2.24) is 9.55 Å². The van der Waals surface area contributed by atoms with Crippen LogP contribution in [0.3, 0.4) is 0 Å². The Morgan fingerprint density at radius 1 is 1.20 bits per heavy atom. The maximum absolute atomic E-state index is 5.95. The fraction of sp³-hybridized carbons (Fsp3) is 0.158. The highest BCUT2D eigenvalue weighted by Gasteiger charge is 2.24. The van der Waals surface area contributed by atoms with Gasteiger partial charge in [0.15, 0.2) is 12.1 Å². The van der Waals surface area contributed by atoms with Gasteiger partial charge in [0, 0.05) is 6.42 Å². The first-order valence-corrected chi connectivity index (χ1v) is 8.00. The summed E-state index contributed by atoms with van der Waals surface area (Å²) in [5.74, 6) is 4.37. The topological polar surface area (TPSA) is 77.5 Å². The number of para-hydroxylation sites is 2. The number of benzene rings is 2. The summed E-state index contributed by atoms with van der Waals surface area (Å²) in [6, 6.07) is 15.7. The molecule has 3 aromatic rings. The van der Waals surface area contributed by atoms with Crippen LogP contribution in [0.4, 0.5) is 5.95 Å². The quantitative estimate of drug-likeness (QED) is 0.569. The number of anilines is 1. The molecule has 0 aliphatic carbocycles. The number of nitrogens with zero attached hydrogens (tertiary/aromatic N) is 3. The number of guanidine groups is 1. The van der Waals surface area contributed by atoms with Gasteiger partial charge in [-0.15, -0.1) is 12.3 Å². The van der Waals surface area contributed by atoms with E-state index in [1.54, 1.807) is 0 Å². The number of fused-ring (bicyclic) bond motifs is 3. The fourth-order valence-corrected chi connectivity index (χ4v) is 2.90. The summed E-state index contributed by atoms with van der Waals surface area (Å²) >= 11 is 0. The third kappa shape index (κ3) is 2.76. The van der Waals surface area contributed by atoms with Crippen LogP contribution in [-0.4, -0.2) is 22.1 Å². The van der Waals surface area contributed by atoms with Gasteiger partial charge in [0.25, 0.3) is 0 Å². The highest BCUT2D eigenvalue weighted by molar-refractivity contribution is 5.94. The Hall–Kier alpha value is -3.46. The van der Waals surface area contributed by atoms with Gasteiger partial charge in [-0.1, -0.05) is 24.3 Å². The van der Waals surface area contributed by atoms with Gasteiger partial charge >= 0.3 is 0 Å². The minimum atomic E-state index is -0.275. The van der Waals surface area contributed by atoms with E-state index >= 15 is 0 Å². The SMILES string of the molecule is C#CCCOc1ccc([C@H]2N=C(N)Nc3nc4ccccc4n32)cc1. The fourth-order valence-electron chi connectivity index (χ4n) is 2.90. The maximum atomic E-state index is 5.95. The molecule has 0 amide bonds. The molecule has 6 nitrogen and oxygen atoms in total. The van der Waals surface area contributed by atoms with Crippen molar-refractivity contribution in [2.75, 3.05) is 11.9 Å². The number of nitrogens with two attached hydrogens (primary N) is 1. The van der Waals surface area contributed by atoms with Gasteiger partial charge in [0.1, 0.15) is 5.75 Å². The molecule has 1 aromatic heterocycles. The molecular weight excluding hydrogens is 314 g/mol. The molecule has 0 spiro atoms.